The van der Waals surface area contributed by atoms with Gasteiger partial charge in [0.15, 0.2) is 22.9 Å². The van der Waals surface area contributed by atoms with Crippen molar-refractivity contribution in [2.75, 3.05) is 25.1 Å². The van der Waals surface area contributed by atoms with E-state index in [0.717, 1.165) is 18.8 Å². The summed E-state index contributed by atoms with van der Waals surface area (Å²) >= 11 is 6.19. The minimum Gasteiger partial charge on any atom is -0.503 e. The summed E-state index contributed by atoms with van der Waals surface area (Å²) in [7, 11) is 1.46. The van der Waals surface area contributed by atoms with Gasteiger partial charge in [-0.15, -0.1) is 0 Å². The van der Waals surface area contributed by atoms with Gasteiger partial charge in [-0.05, 0) is 61.4 Å². The van der Waals surface area contributed by atoms with Crippen molar-refractivity contribution < 1.29 is 28.2 Å². The number of rotatable bonds is 9. The summed E-state index contributed by atoms with van der Waals surface area (Å²) in [6.07, 6.45) is 0. The average molecular weight is 563 g/mol. The Hall–Kier alpha value is -4.30. The Kier molecular flexibility index (Phi) is 7.54. The molecule has 40 heavy (non-hydrogen) atoms. The number of carbonyl (C=O) groups is 2. The molecule has 1 atom stereocenters. The zero-order valence-electron chi connectivity index (χ0n) is 22.3. The fourth-order valence-corrected chi connectivity index (χ4v) is 5.34. The first-order chi connectivity index (χ1) is 19.2. The first-order valence-corrected chi connectivity index (χ1v) is 13.3. The molecule has 0 saturated carbocycles. The lowest BCUT2D eigenvalue weighted by molar-refractivity contribution is -0.130. The fourth-order valence-electron chi connectivity index (χ4n) is 5.12. The van der Waals surface area contributed by atoms with E-state index < -0.39 is 29.3 Å². The van der Waals surface area contributed by atoms with E-state index in [-0.39, 0.29) is 17.9 Å². The van der Waals surface area contributed by atoms with Crippen molar-refractivity contribution >= 4 is 39.9 Å². The van der Waals surface area contributed by atoms with Gasteiger partial charge in [0.1, 0.15) is 5.82 Å². The smallest absolute Gasteiger partial charge is 0.290 e. The van der Waals surface area contributed by atoms with Crippen molar-refractivity contribution in [3.63, 3.8) is 0 Å². The summed E-state index contributed by atoms with van der Waals surface area (Å²) < 4.78 is 24.8. The SMILES string of the molecule is CCN(CC)c1ccc(C2C(C(=O)c3cc4cc(Cl)cc(OC)c4o3)=C(O)C(=O)N2Cc2ccc(F)cc2)cc1. The number of carbonyl (C=O) groups excluding carboxylic acids is 2. The summed E-state index contributed by atoms with van der Waals surface area (Å²) in [5.74, 6) is -2.13. The number of aliphatic hydroxyl groups excluding tert-OH is 1. The van der Waals surface area contributed by atoms with Crippen molar-refractivity contribution in [3.05, 3.63) is 106 Å². The fraction of sp³-hybridized carbons (Fsp3) is 0.226. The van der Waals surface area contributed by atoms with Gasteiger partial charge in [-0.25, -0.2) is 4.39 Å². The van der Waals surface area contributed by atoms with Gasteiger partial charge in [0.2, 0.25) is 5.78 Å². The Labute approximate surface area is 236 Å². The van der Waals surface area contributed by atoms with Crippen LogP contribution < -0.4 is 9.64 Å². The molecule has 1 amide bonds. The minimum absolute atomic E-state index is 0.0476. The van der Waals surface area contributed by atoms with E-state index in [0.29, 0.717) is 32.9 Å². The number of ether oxygens (including phenoxy) is 1. The molecule has 1 aliphatic rings. The Morgan fingerprint density at radius 3 is 2.38 bits per heavy atom. The summed E-state index contributed by atoms with van der Waals surface area (Å²) in [5, 5.41) is 12.0. The number of anilines is 1. The monoisotopic (exact) mass is 562 g/mol. The summed E-state index contributed by atoms with van der Waals surface area (Å²) in [4.78, 5) is 30.9. The standard InChI is InChI=1S/C31H28ClFN2O5/c1-4-34(5-2)23-12-8-19(9-13-23)27-26(29(37)31(38)35(27)17-18-6-10-22(33)11-7-18)28(36)24-15-20-14-21(32)16-25(39-3)30(20)40-24/h6-16,27,37H,4-5,17H2,1-3H3. The van der Waals surface area contributed by atoms with Crippen molar-refractivity contribution in [1.29, 1.82) is 0 Å². The normalized spacial score (nSPS) is 15.3. The third-order valence-corrected chi connectivity index (χ3v) is 7.36. The molecule has 1 aromatic heterocycles. The number of fused-ring (bicyclic) bond motifs is 1. The second kappa shape index (κ2) is 11.1. The Morgan fingerprint density at radius 1 is 1.07 bits per heavy atom. The van der Waals surface area contributed by atoms with Crippen molar-refractivity contribution in [2.45, 2.75) is 26.4 Å². The lowest BCUT2D eigenvalue weighted by Crippen LogP contribution is -2.30. The first kappa shape index (κ1) is 27.3. The van der Waals surface area contributed by atoms with Crippen molar-refractivity contribution in [3.8, 4) is 5.75 Å². The molecule has 9 heteroatoms. The highest BCUT2D eigenvalue weighted by molar-refractivity contribution is 6.31. The van der Waals surface area contributed by atoms with Crippen molar-refractivity contribution in [1.82, 2.24) is 4.90 Å². The zero-order chi connectivity index (χ0) is 28.6. The predicted molar refractivity (Wildman–Crippen MR) is 151 cm³/mol. The van der Waals surface area contributed by atoms with Crippen LogP contribution in [-0.2, 0) is 11.3 Å². The van der Waals surface area contributed by atoms with Gasteiger partial charge in [-0.2, -0.15) is 0 Å². The van der Waals surface area contributed by atoms with Gasteiger partial charge in [0.05, 0.1) is 18.7 Å². The molecule has 1 aliphatic heterocycles. The van der Waals surface area contributed by atoms with Crippen LogP contribution in [0.25, 0.3) is 11.0 Å². The molecule has 4 aromatic rings. The number of ketones is 1. The maximum absolute atomic E-state index is 13.9. The number of methoxy groups -OCH3 is 1. The van der Waals surface area contributed by atoms with Gasteiger partial charge in [-0.3, -0.25) is 9.59 Å². The quantitative estimate of drug-likeness (QED) is 0.224. The second-order valence-electron chi connectivity index (χ2n) is 9.45. The van der Waals surface area contributed by atoms with Crippen LogP contribution in [0.1, 0.15) is 41.6 Å². The maximum atomic E-state index is 13.9. The molecule has 1 N–H and O–H groups in total. The molecule has 7 nitrogen and oxygen atoms in total. The summed E-state index contributed by atoms with van der Waals surface area (Å²) in [6.45, 7) is 5.80. The van der Waals surface area contributed by atoms with E-state index in [2.05, 4.69) is 18.7 Å². The molecule has 0 bridgehead atoms. The van der Waals surface area contributed by atoms with E-state index in [1.807, 2.05) is 24.3 Å². The molecule has 5 rings (SSSR count). The van der Waals surface area contributed by atoms with Crippen LogP contribution in [0.15, 0.2) is 82.5 Å². The lowest BCUT2D eigenvalue weighted by atomic mass is 9.94. The third-order valence-electron chi connectivity index (χ3n) is 7.14. The molecule has 2 heterocycles. The van der Waals surface area contributed by atoms with Crippen LogP contribution in [0.5, 0.6) is 5.75 Å². The molecular formula is C31H28ClFN2O5. The number of nitrogens with zero attached hydrogens (tertiary/aromatic N) is 2. The van der Waals surface area contributed by atoms with Crippen LogP contribution in [0.3, 0.4) is 0 Å². The average Bonchev–Trinajstić information content (AvgIpc) is 3.49. The second-order valence-corrected chi connectivity index (χ2v) is 9.89. The molecule has 0 spiro atoms. The van der Waals surface area contributed by atoms with Crippen LogP contribution in [0.4, 0.5) is 10.1 Å². The molecule has 0 aliphatic carbocycles. The number of halogens is 2. The van der Waals surface area contributed by atoms with Gasteiger partial charge in [0, 0.05) is 41.8 Å². The molecular weight excluding hydrogens is 535 g/mol. The van der Waals surface area contributed by atoms with Gasteiger partial charge < -0.3 is 24.1 Å². The Bertz CT molecular complexity index is 1610. The molecule has 0 fully saturated rings. The number of hydrogen-bond donors (Lipinski definition) is 1. The molecule has 0 saturated heterocycles. The number of amides is 1. The summed E-state index contributed by atoms with van der Waals surface area (Å²) in [6, 6.07) is 17.1. The van der Waals surface area contributed by atoms with Crippen LogP contribution >= 0.6 is 11.6 Å². The number of furan rings is 1. The lowest BCUT2D eigenvalue weighted by Gasteiger charge is -2.28. The Balaban J connectivity index is 1.59. The van der Waals surface area contributed by atoms with Crippen LogP contribution in [-0.4, -0.2) is 41.9 Å². The highest BCUT2D eigenvalue weighted by Crippen LogP contribution is 2.42. The van der Waals surface area contributed by atoms with Gasteiger partial charge in [0.25, 0.3) is 5.91 Å². The molecule has 3 aromatic carbocycles. The van der Waals surface area contributed by atoms with Gasteiger partial charge >= 0.3 is 0 Å². The number of aliphatic hydroxyl groups is 1. The Morgan fingerprint density at radius 2 is 1.75 bits per heavy atom. The highest BCUT2D eigenvalue weighted by atomic mass is 35.5. The minimum atomic E-state index is -0.908. The predicted octanol–water partition coefficient (Wildman–Crippen LogP) is 6.86. The van der Waals surface area contributed by atoms with Gasteiger partial charge in [-0.1, -0.05) is 35.9 Å². The van der Waals surface area contributed by atoms with E-state index in [1.54, 1.807) is 24.3 Å². The number of Topliss-reactive ketones (excluding diaryl/α,β-unsaturated/α-hetero) is 1. The topological polar surface area (TPSA) is 83.2 Å². The number of hydrogen-bond acceptors (Lipinski definition) is 6. The van der Waals surface area contributed by atoms with Crippen LogP contribution in [0.2, 0.25) is 5.02 Å². The zero-order valence-corrected chi connectivity index (χ0v) is 23.0. The summed E-state index contributed by atoms with van der Waals surface area (Å²) in [5.41, 5.74) is 2.49. The highest BCUT2D eigenvalue weighted by Gasteiger charge is 2.44. The molecule has 1 unspecified atom stereocenters. The first-order valence-electron chi connectivity index (χ1n) is 12.9. The molecule has 0 radical (unpaired) electrons. The number of benzene rings is 3. The van der Waals surface area contributed by atoms with E-state index in [9.17, 15) is 19.1 Å². The third kappa shape index (κ3) is 4.91. The van der Waals surface area contributed by atoms with Crippen LogP contribution in [0, 0.1) is 5.82 Å². The maximum Gasteiger partial charge on any atom is 0.290 e. The largest absolute Gasteiger partial charge is 0.503 e. The van der Waals surface area contributed by atoms with E-state index in [4.69, 9.17) is 20.8 Å². The van der Waals surface area contributed by atoms with E-state index in [1.165, 1.54) is 30.2 Å². The molecule has 206 valence electrons. The van der Waals surface area contributed by atoms with E-state index >= 15 is 0 Å². The van der Waals surface area contributed by atoms with Crippen molar-refractivity contribution in [2.24, 2.45) is 0 Å².